The predicted molar refractivity (Wildman–Crippen MR) is 125 cm³/mol. The van der Waals surface area contributed by atoms with Gasteiger partial charge in [-0.25, -0.2) is 9.97 Å². The Morgan fingerprint density at radius 3 is 2.48 bits per heavy atom. The van der Waals surface area contributed by atoms with Gasteiger partial charge in [0.25, 0.3) is 0 Å². The molecule has 0 fully saturated rings. The van der Waals surface area contributed by atoms with Gasteiger partial charge in [0, 0.05) is 33.2 Å². The number of aromatic nitrogens is 2. The van der Waals surface area contributed by atoms with Crippen molar-refractivity contribution in [1.29, 1.82) is 0 Å². The lowest BCUT2D eigenvalue weighted by Gasteiger charge is -2.26. The van der Waals surface area contributed by atoms with Crippen LogP contribution in [0, 0.1) is 0 Å². The molecule has 1 aromatic heterocycles. The van der Waals surface area contributed by atoms with Gasteiger partial charge in [0.05, 0.1) is 11.9 Å². The van der Waals surface area contributed by atoms with Gasteiger partial charge >= 0.3 is 0 Å². The van der Waals surface area contributed by atoms with Crippen LogP contribution in [0.15, 0.2) is 59.2 Å². The standard InChI is InChI=1S/C24H27BrN4/c1-23(2,3)20-14-26-22(21(28-20)27-17-9-7-6-8-10-17)29-15-24(4,5)18-12-11-16(25)13-19(18)29/h6-14H,15H2,1-5H3,(H,27,28). The predicted octanol–water partition coefficient (Wildman–Crippen LogP) is 6.71. The second-order valence-electron chi connectivity index (χ2n) is 9.30. The van der Waals surface area contributed by atoms with Crippen LogP contribution in [-0.4, -0.2) is 16.5 Å². The number of benzene rings is 2. The van der Waals surface area contributed by atoms with E-state index in [2.05, 4.69) is 79.0 Å². The minimum absolute atomic E-state index is 0.0322. The number of hydrogen-bond acceptors (Lipinski definition) is 4. The summed E-state index contributed by atoms with van der Waals surface area (Å²) in [6.45, 7) is 11.9. The van der Waals surface area contributed by atoms with Crippen molar-refractivity contribution in [3.63, 3.8) is 0 Å². The van der Waals surface area contributed by atoms with Crippen LogP contribution in [0.5, 0.6) is 0 Å². The minimum Gasteiger partial charge on any atom is -0.337 e. The summed E-state index contributed by atoms with van der Waals surface area (Å²) in [6, 6.07) is 16.7. The zero-order valence-electron chi connectivity index (χ0n) is 17.6. The molecule has 1 aliphatic rings. The van der Waals surface area contributed by atoms with Crippen LogP contribution in [0.2, 0.25) is 0 Å². The molecule has 5 heteroatoms. The lowest BCUT2D eigenvalue weighted by atomic mass is 9.87. The van der Waals surface area contributed by atoms with Crippen LogP contribution in [0.4, 0.5) is 23.0 Å². The van der Waals surface area contributed by atoms with E-state index in [1.165, 1.54) is 11.3 Å². The van der Waals surface area contributed by atoms with Gasteiger partial charge in [0.2, 0.25) is 0 Å². The van der Waals surface area contributed by atoms with Crippen molar-refractivity contribution in [3.8, 4) is 0 Å². The summed E-state index contributed by atoms with van der Waals surface area (Å²) in [6.07, 6.45) is 1.91. The first-order valence-corrected chi connectivity index (χ1v) is 10.7. The van der Waals surface area contributed by atoms with Crippen molar-refractivity contribution < 1.29 is 0 Å². The van der Waals surface area contributed by atoms with Gasteiger partial charge in [-0.3, -0.25) is 0 Å². The number of halogens is 1. The maximum atomic E-state index is 5.00. The minimum atomic E-state index is -0.0795. The number of nitrogens with one attached hydrogen (secondary N) is 1. The van der Waals surface area contributed by atoms with Crippen LogP contribution in [0.1, 0.15) is 45.9 Å². The summed E-state index contributed by atoms with van der Waals surface area (Å²) in [5.74, 6) is 1.64. The largest absolute Gasteiger partial charge is 0.337 e. The molecule has 0 radical (unpaired) electrons. The maximum Gasteiger partial charge on any atom is 0.176 e. The Morgan fingerprint density at radius 2 is 1.79 bits per heavy atom. The van der Waals surface area contributed by atoms with E-state index < -0.39 is 0 Å². The molecule has 4 nitrogen and oxygen atoms in total. The Balaban J connectivity index is 1.85. The molecule has 2 aromatic carbocycles. The summed E-state index contributed by atoms with van der Waals surface area (Å²) in [5, 5.41) is 3.51. The molecule has 0 spiro atoms. The highest BCUT2D eigenvalue weighted by atomic mass is 79.9. The number of rotatable bonds is 3. The molecule has 150 valence electrons. The van der Waals surface area contributed by atoms with E-state index in [0.717, 1.165) is 34.0 Å². The highest BCUT2D eigenvalue weighted by Gasteiger charge is 2.37. The van der Waals surface area contributed by atoms with Crippen molar-refractivity contribution in [1.82, 2.24) is 9.97 Å². The van der Waals surface area contributed by atoms with Crippen LogP contribution >= 0.6 is 15.9 Å². The summed E-state index contributed by atoms with van der Waals surface area (Å²) in [5.41, 5.74) is 4.43. The first-order valence-electron chi connectivity index (χ1n) is 9.92. The molecule has 1 aliphatic heterocycles. The number of para-hydroxylation sites is 1. The van der Waals surface area contributed by atoms with Gasteiger partial charge in [-0.1, -0.05) is 74.8 Å². The lowest BCUT2D eigenvalue weighted by Crippen LogP contribution is -2.27. The fraction of sp³-hybridized carbons (Fsp3) is 0.333. The zero-order chi connectivity index (χ0) is 20.8. The SMILES string of the molecule is CC(C)(C)c1cnc(N2CC(C)(C)c3ccc(Br)cc32)c(Nc2ccccc2)n1. The average molecular weight is 451 g/mol. The highest BCUT2D eigenvalue weighted by molar-refractivity contribution is 9.10. The van der Waals surface area contributed by atoms with E-state index in [-0.39, 0.29) is 10.8 Å². The average Bonchev–Trinajstić information content (AvgIpc) is 2.92. The van der Waals surface area contributed by atoms with Gasteiger partial charge in [-0.2, -0.15) is 0 Å². The Labute approximate surface area is 181 Å². The quantitative estimate of drug-likeness (QED) is 0.481. The van der Waals surface area contributed by atoms with Gasteiger partial charge < -0.3 is 10.2 Å². The maximum absolute atomic E-state index is 5.00. The van der Waals surface area contributed by atoms with E-state index in [1.807, 2.05) is 36.5 Å². The third-order valence-electron chi connectivity index (χ3n) is 5.35. The monoisotopic (exact) mass is 450 g/mol. The van der Waals surface area contributed by atoms with E-state index >= 15 is 0 Å². The number of anilines is 4. The second-order valence-corrected chi connectivity index (χ2v) is 10.2. The Morgan fingerprint density at radius 1 is 1.07 bits per heavy atom. The van der Waals surface area contributed by atoms with E-state index in [4.69, 9.17) is 9.97 Å². The van der Waals surface area contributed by atoms with Crippen molar-refractivity contribution >= 4 is 38.9 Å². The summed E-state index contributed by atoms with van der Waals surface area (Å²) >= 11 is 3.63. The molecule has 3 aromatic rings. The molecule has 1 N–H and O–H groups in total. The number of fused-ring (bicyclic) bond motifs is 1. The first kappa shape index (κ1) is 19.9. The molecule has 0 bridgehead atoms. The van der Waals surface area contributed by atoms with Crippen LogP contribution in [0.25, 0.3) is 0 Å². The summed E-state index contributed by atoms with van der Waals surface area (Å²) < 4.78 is 1.07. The topological polar surface area (TPSA) is 41.1 Å². The molecule has 0 saturated carbocycles. The molecule has 0 amide bonds. The lowest BCUT2D eigenvalue weighted by molar-refractivity contribution is 0.560. The number of nitrogens with zero attached hydrogens (tertiary/aromatic N) is 3. The third kappa shape index (κ3) is 3.88. The molecular weight excluding hydrogens is 424 g/mol. The van der Waals surface area contributed by atoms with Gasteiger partial charge in [-0.05, 0) is 29.8 Å². The second kappa shape index (κ2) is 7.13. The Kier molecular flexibility index (Phi) is 4.89. The van der Waals surface area contributed by atoms with Crippen LogP contribution in [-0.2, 0) is 10.8 Å². The highest BCUT2D eigenvalue weighted by Crippen LogP contribution is 2.46. The summed E-state index contributed by atoms with van der Waals surface area (Å²) in [7, 11) is 0. The van der Waals surface area contributed by atoms with Gasteiger partial charge in [0.1, 0.15) is 0 Å². The molecule has 2 heterocycles. The smallest absolute Gasteiger partial charge is 0.176 e. The Bertz CT molecular complexity index is 1040. The summed E-state index contributed by atoms with van der Waals surface area (Å²) in [4.78, 5) is 12.2. The molecule has 0 saturated heterocycles. The molecule has 4 rings (SSSR count). The van der Waals surface area contributed by atoms with Crippen molar-refractivity contribution in [2.24, 2.45) is 0 Å². The molecule has 29 heavy (non-hydrogen) atoms. The fourth-order valence-corrected chi connectivity index (χ4v) is 4.09. The molecule has 0 aliphatic carbocycles. The first-order chi connectivity index (χ1) is 13.6. The normalized spacial score (nSPS) is 15.3. The third-order valence-corrected chi connectivity index (χ3v) is 5.84. The Hall–Kier alpha value is -2.40. The van der Waals surface area contributed by atoms with Crippen molar-refractivity contribution in [2.75, 3.05) is 16.8 Å². The van der Waals surface area contributed by atoms with Crippen molar-refractivity contribution in [2.45, 2.75) is 45.4 Å². The number of hydrogen-bond donors (Lipinski definition) is 1. The fourth-order valence-electron chi connectivity index (χ4n) is 3.74. The van der Waals surface area contributed by atoms with Crippen molar-refractivity contribution in [3.05, 3.63) is 70.5 Å². The molecule has 0 atom stereocenters. The van der Waals surface area contributed by atoms with E-state index in [9.17, 15) is 0 Å². The van der Waals surface area contributed by atoms with Gasteiger partial charge in [0.15, 0.2) is 11.6 Å². The van der Waals surface area contributed by atoms with E-state index in [1.54, 1.807) is 0 Å². The van der Waals surface area contributed by atoms with E-state index in [0.29, 0.717) is 0 Å². The van der Waals surface area contributed by atoms with Crippen LogP contribution in [0.3, 0.4) is 0 Å². The molecule has 0 unspecified atom stereocenters. The van der Waals surface area contributed by atoms with Crippen LogP contribution < -0.4 is 10.2 Å². The van der Waals surface area contributed by atoms with Gasteiger partial charge in [-0.15, -0.1) is 0 Å². The zero-order valence-corrected chi connectivity index (χ0v) is 19.2. The molecular formula is C24H27BrN4.